The fourth-order valence-corrected chi connectivity index (χ4v) is 8.57. The van der Waals surface area contributed by atoms with Crippen molar-refractivity contribution in [1.82, 2.24) is 39.9 Å². The molecule has 0 aromatic carbocycles. The summed E-state index contributed by atoms with van der Waals surface area (Å²) in [6.45, 7) is 0. The fraction of sp³-hybridized carbons (Fsp3) is 0.130. The first-order valence-electron chi connectivity index (χ1n) is 18.8. The number of H-pyrrole nitrogens is 4. The molecule has 16 bridgehead atoms. The molecule has 2 atom stereocenters. The van der Waals surface area contributed by atoms with Crippen molar-refractivity contribution in [2.45, 2.75) is 37.5 Å². The molecule has 0 saturated heterocycles. The molecule has 11 rings (SSSR count). The summed E-state index contributed by atoms with van der Waals surface area (Å²) in [7, 11) is 0. The molecule has 6 aromatic rings. The lowest BCUT2D eigenvalue weighted by Gasteiger charge is -2.31. The van der Waals surface area contributed by atoms with Gasteiger partial charge in [-0.3, -0.25) is 0 Å². The highest BCUT2D eigenvalue weighted by Gasteiger charge is 2.31. The summed E-state index contributed by atoms with van der Waals surface area (Å²) in [6.07, 6.45) is 21.2. The average molecular weight is 701 g/mol. The number of rotatable bonds is 2. The van der Waals surface area contributed by atoms with Gasteiger partial charge in [0.05, 0.1) is 45.6 Å². The maximum atomic E-state index is 5.00. The summed E-state index contributed by atoms with van der Waals surface area (Å²) in [5, 5.41) is 0. The highest BCUT2D eigenvalue weighted by Crippen LogP contribution is 2.47. The van der Waals surface area contributed by atoms with Crippen molar-refractivity contribution < 1.29 is 0 Å². The second-order valence-electron chi connectivity index (χ2n) is 14.8. The van der Waals surface area contributed by atoms with Crippen LogP contribution in [0.2, 0.25) is 0 Å². The van der Waals surface area contributed by atoms with Crippen molar-refractivity contribution in [3.63, 3.8) is 0 Å². The lowest BCUT2D eigenvalue weighted by molar-refractivity contribution is 0.390. The third-order valence-electron chi connectivity index (χ3n) is 11.0. The maximum Gasteiger partial charge on any atom is 0.0659 e. The molecule has 4 aliphatic heterocycles. The first-order chi connectivity index (χ1) is 26.6. The van der Waals surface area contributed by atoms with Crippen LogP contribution in [0.25, 0.3) is 92.7 Å². The maximum absolute atomic E-state index is 5.00. The van der Waals surface area contributed by atoms with E-state index in [1.807, 2.05) is 18.2 Å². The lowest BCUT2D eigenvalue weighted by atomic mass is 9.72. The SMILES string of the molecule is C1=Cc2cc3ccc(cc4cc(C5CCCCC5c5cc6cc7nc(cc8ccc(cc9nc(cc5[nH]6)C=C9)[nH]8)C=C7)c(cc5nc(cc1n2)C=C5)[nH]4)[nH]3. The van der Waals surface area contributed by atoms with E-state index in [-0.39, 0.29) is 0 Å². The first-order valence-corrected chi connectivity index (χ1v) is 18.8. The van der Waals surface area contributed by atoms with Gasteiger partial charge in [0.15, 0.2) is 0 Å². The fourth-order valence-electron chi connectivity index (χ4n) is 8.57. The van der Waals surface area contributed by atoms with Crippen LogP contribution in [-0.4, -0.2) is 39.9 Å². The molecule has 8 heteroatoms. The molecule has 8 nitrogen and oxygen atoms in total. The minimum absolute atomic E-state index is 0.297. The van der Waals surface area contributed by atoms with Crippen molar-refractivity contribution in [1.29, 1.82) is 0 Å². The summed E-state index contributed by atoms with van der Waals surface area (Å²) in [6, 6.07) is 30.2. The van der Waals surface area contributed by atoms with Crippen LogP contribution >= 0.6 is 0 Å². The zero-order valence-electron chi connectivity index (χ0n) is 29.5. The number of nitrogens with zero attached hydrogens (tertiary/aromatic N) is 4. The van der Waals surface area contributed by atoms with Crippen molar-refractivity contribution >= 4 is 92.7 Å². The van der Waals surface area contributed by atoms with Crippen LogP contribution in [0.3, 0.4) is 0 Å². The van der Waals surface area contributed by atoms with Gasteiger partial charge in [-0.1, -0.05) is 12.8 Å². The molecule has 10 heterocycles. The molecule has 1 saturated carbocycles. The highest BCUT2D eigenvalue weighted by atomic mass is 14.8. The average Bonchev–Trinajstić information content (AvgIpc) is 4.01. The van der Waals surface area contributed by atoms with Gasteiger partial charge in [-0.25, -0.2) is 19.9 Å². The second kappa shape index (κ2) is 12.4. The standard InChI is InChI=1S/C46H36N8/c1-2-4-42(44-24-40-22-36-12-10-32(50-36)18-28-6-8-30(48-28)20-34-14-16-38(52-34)26-46(44)54-40)41(3-1)43-23-39-21-35-11-9-31(49-35)17-27-5-7-29(47-27)19-33-13-15-37(51-33)25-45(43)53-39/h5-26,41-42,47,50,53-54H,1-4H2. The van der Waals surface area contributed by atoms with E-state index in [0.29, 0.717) is 11.8 Å². The molecule has 54 heavy (non-hydrogen) atoms. The number of nitrogens with one attached hydrogen (secondary N) is 4. The second-order valence-corrected chi connectivity index (χ2v) is 14.8. The van der Waals surface area contributed by atoms with Crippen molar-refractivity contribution in [3.8, 4) is 0 Å². The Morgan fingerprint density at radius 3 is 1.09 bits per heavy atom. The van der Waals surface area contributed by atoms with E-state index in [9.17, 15) is 0 Å². The molecule has 2 unspecified atom stereocenters. The third-order valence-corrected chi connectivity index (χ3v) is 11.0. The molecule has 6 aromatic heterocycles. The zero-order valence-corrected chi connectivity index (χ0v) is 29.5. The van der Waals surface area contributed by atoms with Crippen LogP contribution in [0, 0.1) is 0 Å². The Morgan fingerprint density at radius 1 is 0.333 bits per heavy atom. The van der Waals surface area contributed by atoms with Crippen LogP contribution in [0.4, 0.5) is 0 Å². The molecular weight excluding hydrogens is 665 g/mol. The third kappa shape index (κ3) is 5.91. The van der Waals surface area contributed by atoms with Gasteiger partial charge >= 0.3 is 0 Å². The largest absolute Gasteiger partial charge is 0.355 e. The molecule has 0 spiro atoms. The Balaban J connectivity index is 1.10. The zero-order chi connectivity index (χ0) is 35.6. The molecule has 260 valence electrons. The van der Waals surface area contributed by atoms with Crippen molar-refractivity contribution in [2.24, 2.45) is 0 Å². The van der Waals surface area contributed by atoms with Gasteiger partial charge in [0.25, 0.3) is 0 Å². The molecule has 0 amide bonds. The van der Waals surface area contributed by atoms with E-state index in [4.69, 9.17) is 19.9 Å². The molecule has 0 radical (unpaired) electrons. The summed E-state index contributed by atoms with van der Waals surface area (Å²) in [5.74, 6) is 0.595. The Morgan fingerprint density at radius 2 is 0.667 bits per heavy atom. The Labute approximate surface area is 310 Å². The van der Waals surface area contributed by atoms with E-state index in [1.165, 1.54) is 24.0 Å². The lowest BCUT2D eigenvalue weighted by Crippen LogP contribution is -2.15. The number of fused-ring (bicyclic) bond motifs is 16. The summed E-state index contributed by atoms with van der Waals surface area (Å²) in [5.41, 5.74) is 18.4. The summed E-state index contributed by atoms with van der Waals surface area (Å²) < 4.78 is 0. The Kier molecular flexibility index (Phi) is 7.08. The molecule has 5 aliphatic rings. The number of aromatic nitrogens is 8. The minimum Gasteiger partial charge on any atom is -0.355 e. The van der Waals surface area contributed by atoms with E-state index < -0.39 is 0 Å². The minimum atomic E-state index is 0.297. The summed E-state index contributed by atoms with van der Waals surface area (Å²) in [4.78, 5) is 34.3. The van der Waals surface area contributed by atoms with Crippen LogP contribution in [0.15, 0.2) is 84.9 Å². The van der Waals surface area contributed by atoms with Gasteiger partial charge in [-0.15, -0.1) is 0 Å². The van der Waals surface area contributed by atoms with Crippen LogP contribution in [0.5, 0.6) is 0 Å². The van der Waals surface area contributed by atoms with Crippen LogP contribution in [0.1, 0.15) is 94.2 Å². The van der Waals surface area contributed by atoms with Gasteiger partial charge in [0, 0.05) is 44.1 Å². The predicted molar refractivity (Wildman–Crippen MR) is 222 cm³/mol. The van der Waals surface area contributed by atoms with E-state index >= 15 is 0 Å². The highest BCUT2D eigenvalue weighted by molar-refractivity contribution is 5.81. The predicted octanol–water partition coefficient (Wildman–Crippen LogP) is 11.1. The number of hydrogen-bond acceptors (Lipinski definition) is 4. The number of aromatic amines is 4. The Bertz CT molecular complexity index is 2980. The van der Waals surface area contributed by atoms with Crippen molar-refractivity contribution in [3.05, 3.63) is 142 Å². The monoisotopic (exact) mass is 700 g/mol. The van der Waals surface area contributed by atoms with Crippen molar-refractivity contribution in [2.75, 3.05) is 0 Å². The van der Waals surface area contributed by atoms with E-state index in [1.54, 1.807) is 0 Å². The van der Waals surface area contributed by atoms with E-state index in [0.717, 1.165) is 103 Å². The van der Waals surface area contributed by atoms with Crippen LogP contribution < -0.4 is 0 Å². The smallest absolute Gasteiger partial charge is 0.0659 e. The molecule has 1 aliphatic carbocycles. The van der Waals surface area contributed by atoms with Gasteiger partial charge in [-0.05, 0) is 169 Å². The van der Waals surface area contributed by atoms with E-state index in [2.05, 4.69) is 135 Å². The molecule has 4 N–H and O–H groups in total. The van der Waals surface area contributed by atoms with Gasteiger partial charge in [-0.2, -0.15) is 0 Å². The molecule has 1 fully saturated rings. The quantitative estimate of drug-likeness (QED) is 0.144. The molecular formula is C46H36N8. The van der Waals surface area contributed by atoms with Gasteiger partial charge in [0.2, 0.25) is 0 Å². The van der Waals surface area contributed by atoms with Gasteiger partial charge in [0.1, 0.15) is 0 Å². The normalized spacial score (nSPS) is 17.4. The van der Waals surface area contributed by atoms with Crippen LogP contribution in [-0.2, 0) is 0 Å². The Hall–Kier alpha value is -6.80. The number of hydrogen-bond donors (Lipinski definition) is 4. The summed E-state index contributed by atoms with van der Waals surface area (Å²) >= 11 is 0. The first kappa shape index (κ1) is 30.8. The van der Waals surface area contributed by atoms with Gasteiger partial charge < -0.3 is 19.9 Å². The topological polar surface area (TPSA) is 115 Å².